The van der Waals surface area contributed by atoms with E-state index in [1.165, 1.54) is 12.1 Å². The molecule has 1 N–H and O–H groups in total. The number of amides is 1. The van der Waals surface area contributed by atoms with Crippen molar-refractivity contribution < 1.29 is 22.7 Å². The van der Waals surface area contributed by atoms with Crippen LogP contribution in [0.5, 0.6) is 0 Å². The van der Waals surface area contributed by atoms with Gasteiger partial charge in [-0.3, -0.25) is 9.69 Å². The summed E-state index contributed by atoms with van der Waals surface area (Å²) in [5.74, 6) is -0.262. The van der Waals surface area contributed by atoms with Gasteiger partial charge in [0.25, 0.3) is 5.91 Å². The maximum atomic E-state index is 12.9. The lowest BCUT2D eigenvalue weighted by Gasteiger charge is -2.35. The van der Waals surface area contributed by atoms with Crippen LogP contribution in [0, 0.1) is 0 Å². The van der Waals surface area contributed by atoms with Gasteiger partial charge >= 0.3 is 6.18 Å². The first-order chi connectivity index (χ1) is 13.3. The summed E-state index contributed by atoms with van der Waals surface area (Å²) in [5.41, 5.74) is 0.492. The van der Waals surface area contributed by atoms with Crippen LogP contribution in [0.25, 0.3) is 0 Å². The van der Waals surface area contributed by atoms with Gasteiger partial charge in [-0.1, -0.05) is 23.7 Å². The van der Waals surface area contributed by atoms with Gasteiger partial charge in [-0.05, 0) is 42.0 Å². The van der Waals surface area contributed by atoms with Crippen LogP contribution in [0.1, 0.15) is 27.5 Å². The van der Waals surface area contributed by atoms with Crippen molar-refractivity contribution in [1.29, 1.82) is 0 Å². The number of rotatable bonds is 5. The Balaban J connectivity index is 1.75. The van der Waals surface area contributed by atoms with E-state index >= 15 is 0 Å². The first-order valence-corrected chi connectivity index (χ1v) is 9.25. The number of morpholine rings is 1. The standard InChI is InChI=1S/C20H20ClF3N2O2/c21-17-7-3-15(4-8-17)19(27)25-13-18(26-9-11-28-12-10-26)14-1-5-16(6-2-14)20(22,23)24/h1-8,18H,9-13H2,(H,25,27). The fourth-order valence-corrected chi connectivity index (χ4v) is 3.26. The minimum absolute atomic E-state index is 0.248. The molecule has 0 aromatic heterocycles. The third-order valence-corrected chi connectivity index (χ3v) is 4.92. The van der Waals surface area contributed by atoms with Gasteiger partial charge in [-0.25, -0.2) is 0 Å². The molecule has 0 spiro atoms. The van der Waals surface area contributed by atoms with E-state index in [-0.39, 0.29) is 18.5 Å². The van der Waals surface area contributed by atoms with Crippen LogP contribution in [0.2, 0.25) is 5.02 Å². The number of hydrogen-bond donors (Lipinski definition) is 1. The molecule has 1 aliphatic rings. The van der Waals surface area contributed by atoms with E-state index < -0.39 is 11.7 Å². The van der Waals surface area contributed by atoms with Crippen LogP contribution in [-0.2, 0) is 10.9 Å². The van der Waals surface area contributed by atoms with Crippen LogP contribution < -0.4 is 5.32 Å². The number of benzene rings is 2. The molecular weight excluding hydrogens is 393 g/mol. The number of alkyl halides is 3. The van der Waals surface area contributed by atoms with Crippen molar-refractivity contribution in [3.63, 3.8) is 0 Å². The number of carbonyl (C=O) groups excluding carboxylic acids is 1. The minimum Gasteiger partial charge on any atom is -0.379 e. The summed E-state index contributed by atoms with van der Waals surface area (Å²) in [4.78, 5) is 14.5. The summed E-state index contributed by atoms with van der Waals surface area (Å²) in [5, 5.41) is 3.41. The number of nitrogens with zero attached hydrogens (tertiary/aromatic N) is 1. The highest BCUT2D eigenvalue weighted by Gasteiger charge is 2.31. The third-order valence-electron chi connectivity index (χ3n) is 4.67. The SMILES string of the molecule is O=C(NCC(c1ccc(C(F)(F)F)cc1)N1CCOCC1)c1ccc(Cl)cc1. The van der Waals surface area contributed by atoms with Gasteiger partial charge in [0, 0.05) is 30.2 Å². The van der Waals surface area contributed by atoms with Crippen LogP contribution in [-0.4, -0.2) is 43.7 Å². The van der Waals surface area contributed by atoms with Crippen molar-refractivity contribution >= 4 is 17.5 Å². The zero-order valence-electron chi connectivity index (χ0n) is 15.0. The van der Waals surface area contributed by atoms with Crippen LogP contribution in [0.15, 0.2) is 48.5 Å². The van der Waals surface area contributed by atoms with Gasteiger partial charge in [0.2, 0.25) is 0 Å². The zero-order chi connectivity index (χ0) is 20.1. The molecule has 1 fully saturated rings. The second kappa shape index (κ2) is 8.94. The highest BCUT2D eigenvalue weighted by atomic mass is 35.5. The average molecular weight is 413 g/mol. The molecule has 1 heterocycles. The minimum atomic E-state index is -4.38. The predicted octanol–water partition coefficient (Wildman–Crippen LogP) is 4.16. The molecule has 150 valence electrons. The molecule has 0 radical (unpaired) electrons. The van der Waals surface area contributed by atoms with E-state index in [0.29, 0.717) is 42.5 Å². The second-order valence-corrected chi connectivity index (χ2v) is 6.94. The lowest BCUT2D eigenvalue weighted by Crippen LogP contribution is -2.43. The Kier molecular flexibility index (Phi) is 6.59. The van der Waals surface area contributed by atoms with Gasteiger partial charge in [-0.2, -0.15) is 13.2 Å². The average Bonchev–Trinajstić information content (AvgIpc) is 2.69. The molecule has 1 aliphatic heterocycles. The number of halogens is 4. The molecule has 2 aromatic carbocycles. The largest absolute Gasteiger partial charge is 0.416 e. The van der Waals surface area contributed by atoms with Crippen molar-refractivity contribution in [2.24, 2.45) is 0 Å². The molecule has 0 aliphatic carbocycles. The van der Waals surface area contributed by atoms with Crippen molar-refractivity contribution in [3.05, 3.63) is 70.2 Å². The quantitative estimate of drug-likeness (QED) is 0.801. The van der Waals surface area contributed by atoms with Crippen LogP contribution in [0.4, 0.5) is 13.2 Å². The zero-order valence-corrected chi connectivity index (χ0v) is 15.8. The number of nitrogens with one attached hydrogen (secondary N) is 1. The summed E-state index contributed by atoms with van der Waals surface area (Å²) in [6.45, 7) is 2.64. The maximum absolute atomic E-state index is 12.9. The van der Waals surface area contributed by atoms with Gasteiger partial charge in [-0.15, -0.1) is 0 Å². The maximum Gasteiger partial charge on any atom is 0.416 e. The molecule has 28 heavy (non-hydrogen) atoms. The van der Waals surface area contributed by atoms with Crippen molar-refractivity contribution in [2.75, 3.05) is 32.8 Å². The predicted molar refractivity (Wildman–Crippen MR) is 100 cm³/mol. The van der Waals surface area contributed by atoms with E-state index in [4.69, 9.17) is 16.3 Å². The Labute approximate surface area is 166 Å². The fraction of sp³-hybridized carbons (Fsp3) is 0.350. The fourth-order valence-electron chi connectivity index (χ4n) is 3.13. The van der Waals surface area contributed by atoms with Gasteiger partial charge in [0.1, 0.15) is 0 Å². The highest BCUT2D eigenvalue weighted by Crippen LogP contribution is 2.31. The van der Waals surface area contributed by atoms with E-state index in [2.05, 4.69) is 10.2 Å². The molecular formula is C20H20ClF3N2O2. The molecule has 1 amide bonds. The Bertz CT molecular complexity index is 789. The molecule has 1 saturated heterocycles. The lowest BCUT2D eigenvalue weighted by atomic mass is 10.0. The third kappa shape index (κ3) is 5.25. The molecule has 8 heteroatoms. The summed E-state index contributed by atoms with van der Waals surface area (Å²) in [6, 6.07) is 11.3. The lowest BCUT2D eigenvalue weighted by molar-refractivity contribution is -0.137. The Hall–Kier alpha value is -2.09. The van der Waals surface area contributed by atoms with Gasteiger partial charge in [0.15, 0.2) is 0 Å². The second-order valence-electron chi connectivity index (χ2n) is 6.50. The summed E-state index contributed by atoms with van der Waals surface area (Å²) >= 11 is 5.84. The first-order valence-electron chi connectivity index (χ1n) is 8.87. The molecule has 0 bridgehead atoms. The molecule has 2 aromatic rings. The van der Waals surface area contributed by atoms with Crippen LogP contribution >= 0.6 is 11.6 Å². The molecule has 0 saturated carbocycles. The Morgan fingerprint density at radius 2 is 1.68 bits per heavy atom. The summed E-state index contributed by atoms with van der Waals surface area (Å²) in [6.07, 6.45) is -4.38. The smallest absolute Gasteiger partial charge is 0.379 e. The van der Waals surface area contributed by atoms with Gasteiger partial charge < -0.3 is 10.1 Å². The van der Waals surface area contributed by atoms with Crippen LogP contribution in [0.3, 0.4) is 0 Å². The normalized spacial score (nSPS) is 16.6. The highest BCUT2D eigenvalue weighted by molar-refractivity contribution is 6.30. The van der Waals surface area contributed by atoms with Crippen molar-refractivity contribution in [2.45, 2.75) is 12.2 Å². The van der Waals surface area contributed by atoms with Gasteiger partial charge in [0.05, 0.1) is 24.8 Å². The topological polar surface area (TPSA) is 41.6 Å². The van der Waals surface area contributed by atoms with Crippen molar-refractivity contribution in [3.8, 4) is 0 Å². The van der Waals surface area contributed by atoms with E-state index in [1.807, 2.05) is 0 Å². The van der Waals surface area contributed by atoms with Crippen molar-refractivity contribution in [1.82, 2.24) is 10.2 Å². The number of hydrogen-bond acceptors (Lipinski definition) is 3. The van der Waals surface area contributed by atoms with E-state index in [9.17, 15) is 18.0 Å². The Morgan fingerprint density at radius 1 is 1.07 bits per heavy atom. The molecule has 1 atom stereocenters. The van der Waals surface area contributed by atoms with E-state index in [0.717, 1.165) is 12.1 Å². The molecule has 1 unspecified atom stereocenters. The summed E-state index contributed by atoms with van der Waals surface area (Å²) < 4.78 is 43.9. The number of ether oxygens (including phenoxy) is 1. The first kappa shape index (κ1) is 20.6. The van der Waals surface area contributed by atoms with E-state index in [1.54, 1.807) is 24.3 Å². The molecule has 3 rings (SSSR count). The Morgan fingerprint density at radius 3 is 2.25 bits per heavy atom. The number of carbonyl (C=O) groups is 1. The molecule has 4 nitrogen and oxygen atoms in total. The monoisotopic (exact) mass is 412 g/mol. The summed E-state index contributed by atoms with van der Waals surface area (Å²) in [7, 11) is 0.